The summed E-state index contributed by atoms with van der Waals surface area (Å²) in [5.74, 6) is -1.46. The fourth-order valence-corrected chi connectivity index (χ4v) is 5.26. The monoisotopic (exact) mass is 535 g/mol. The Bertz CT molecular complexity index is 1260. The van der Waals surface area contributed by atoms with Crippen molar-refractivity contribution in [3.8, 4) is 0 Å². The van der Waals surface area contributed by atoms with E-state index in [4.69, 9.17) is 23.2 Å². The van der Waals surface area contributed by atoms with Gasteiger partial charge in [0.25, 0.3) is 10.0 Å². The molecule has 3 aromatic rings. The van der Waals surface area contributed by atoms with Crippen LogP contribution in [0, 0.1) is 11.6 Å². The van der Waals surface area contributed by atoms with Crippen LogP contribution < -0.4 is 14.9 Å². The van der Waals surface area contributed by atoms with E-state index in [0.29, 0.717) is 17.9 Å². The number of thiazole rings is 1. The maximum atomic E-state index is 14.8. The summed E-state index contributed by atoms with van der Waals surface area (Å²) in [4.78, 5) is 6.99. The summed E-state index contributed by atoms with van der Waals surface area (Å²) < 4.78 is 56.4. The lowest BCUT2D eigenvalue weighted by Crippen LogP contribution is -2.29. The van der Waals surface area contributed by atoms with Crippen molar-refractivity contribution in [2.24, 2.45) is 0 Å². The summed E-state index contributed by atoms with van der Waals surface area (Å²) in [7, 11) is 1.36. The molecule has 7 nitrogen and oxygen atoms in total. The Labute approximate surface area is 205 Å². The van der Waals surface area contributed by atoms with Gasteiger partial charge in [-0.2, -0.15) is 0 Å². The van der Waals surface area contributed by atoms with Crippen molar-refractivity contribution < 1.29 is 17.2 Å². The maximum absolute atomic E-state index is 14.8. The minimum atomic E-state index is -4.30. The Morgan fingerprint density at radius 3 is 2.42 bits per heavy atom. The van der Waals surface area contributed by atoms with Crippen molar-refractivity contribution >= 4 is 66.8 Å². The van der Waals surface area contributed by atoms with Crippen LogP contribution in [0.4, 0.5) is 31.0 Å². The lowest BCUT2D eigenvalue weighted by Gasteiger charge is -2.25. The maximum Gasteiger partial charge on any atom is 0.266 e. The molecule has 0 amide bonds. The van der Waals surface area contributed by atoms with Crippen LogP contribution in [0.25, 0.3) is 0 Å². The Morgan fingerprint density at radius 1 is 1.06 bits per heavy atom. The normalized spacial score (nSPS) is 11.6. The predicted octanol–water partition coefficient (Wildman–Crippen LogP) is 5.27. The van der Waals surface area contributed by atoms with Gasteiger partial charge in [-0.15, -0.1) is 0 Å². The highest BCUT2D eigenvalue weighted by atomic mass is 35.5. The first-order valence-electron chi connectivity index (χ1n) is 9.52. The fraction of sp³-hybridized carbons (Fsp3) is 0.250. The van der Waals surface area contributed by atoms with Crippen molar-refractivity contribution in [1.82, 2.24) is 9.88 Å². The second kappa shape index (κ2) is 10.4. The Balaban J connectivity index is 1.89. The first-order valence-corrected chi connectivity index (χ1v) is 12.6. The molecule has 0 radical (unpaired) electrons. The summed E-state index contributed by atoms with van der Waals surface area (Å²) in [5, 5.41) is 2.93. The van der Waals surface area contributed by atoms with Crippen molar-refractivity contribution in [3.05, 3.63) is 57.5 Å². The number of benzene rings is 2. The van der Waals surface area contributed by atoms with E-state index in [-0.39, 0.29) is 20.2 Å². The van der Waals surface area contributed by atoms with Gasteiger partial charge in [-0.3, -0.25) is 4.72 Å². The molecule has 1 heterocycles. The molecular weight excluding hydrogens is 515 g/mol. The Kier molecular flexibility index (Phi) is 8.01. The van der Waals surface area contributed by atoms with Crippen LogP contribution in [0.1, 0.15) is 0 Å². The number of aromatic nitrogens is 1. The van der Waals surface area contributed by atoms with E-state index in [1.54, 1.807) is 7.05 Å². The second-order valence-corrected chi connectivity index (χ2v) is 11.1. The van der Waals surface area contributed by atoms with E-state index in [2.05, 4.69) is 15.0 Å². The average Bonchev–Trinajstić information content (AvgIpc) is 3.13. The number of hydrogen-bond donors (Lipinski definition) is 2. The standard InChI is InChI=1S/C20H21Cl2F2N5O2S2/c1-28(2)6-7-29(3)17-8-12(23)4-5-15(17)26-16-10-14(24)18(9-13(16)21)33(30,31)27-20-25-11-19(22)32-20/h4-5,8-11,26H,6-7H2,1-3H3,(H,25,27). The van der Waals surface area contributed by atoms with Gasteiger partial charge in [0.1, 0.15) is 20.9 Å². The molecule has 33 heavy (non-hydrogen) atoms. The molecule has 0 unspecified atom stereocenters. The van der Waals surface area contributed by atoms with E-state index < -0.39 is 26.6 Å². The third kappa shape index (κ3) is 6.45. The van der Waals surface area contributed by atoms with Gasteiger partial charge < -0.3 is 15.1 Å². The van der Waals surface area contributed by atoms with Gasteiger partial charge >= 0.3 is 0 Å². The zero-order valence-electron chi connectivity index (χ0n) is 17.9. The van der Waals surface area contributed by atoms with Gasteiger partial charge in [0.15, 0.2) is 5.13 Å². The van der Waals surface area contributed by atoms with E-state index in [1.165, 1.54) is 24.4 Å². The molecule has 2 N–H and O–H groups in total. The molecule has 0 aliphatic rings. The van der Waals surface area contributed by atoms with Crippen molar-refractivity contribution in [2.75, 3.05) is 49.2 Å². The predicted molar refractivity (Wildman–Crippen MR) is 131 cm³/mol. The second-order valence-electron chi connectivity index (χ2n) is 7.35. The quantitative estimate of drug-likeness (QED) is 0.388. The van der Waals surface area contributed by atoms with Crippen LogP contribution in [0.3, 0.4) is 0 Å². The number of nitrogens with zero attached hydrogens (tertiary/aromatic N) is 3. The van der Waals surface area contributed by atoms with Crippen LogP contribution >= 0.6 is 34.5 Å². The molecule has 0 bridgehead atoms. The zero-order valence-corrected chi connectivity index (χ0v) is 21.0. The molecule has 0 atom stereocenters. The van der Waals surface area contributed by atoms with Gasteiger partial charge in [0, 0.05) is 26.2 Å². The van der Waals surface area contributed by atoms with Crippen LogP contribution in [-0.4, -0.2) is 52.5 Å². The highest BCUT2D eigenvalue weighted by Gasteiger charge is 2.23. The summed E-state index contributed by atoms with van der Waals surface area (Å²) >= 11 is 12.9. The number of nitrogens with one attached hydrogen (secondary N) is 2. The lowest BCUT2D eigenvalue weighted by molar-refractivity contribution is 0.416. The van der Waals surface area contributed by atoms with Gasteiger partial charge in [-0.1, -0.05) is 34.5 Å². The van der Waals surface area contributed by atoms with Gasteiger partial charge in [0.2, 0.25) is 0 Å². The van der Waals surface area contributed by atoms with Gasteiger partial charge in [-0.05, 0) is 38.4 Å². The van der Waals surface area contributed by atoms with Crippen LogP contribution in [0.2, 0.25) is 9.36 Å². The average molecular weight is 536 g/mol. The molecule has 13 heteroatoms. The summed E-state index contributed by atoms with van der Waals surface area (Å²) in [6.45, 7) is 1.34. The number of sulfonamides is 1. The highest BCUT2D eigenvalue weighted by Crippen LogP contribution is 2.35. The van der Waals surface area contributed by atoms with E-state index in [9.17, 15) is 17.2 Å². The summed E-state index contributed by atoms with van der Waals surface area (Å²) in [6, 6.07) is 6.08. The number of rotatable bonds is 9. The third-order valence-electron chi connectivity index (χ3n) is 4.53. The van der Waals surface area contributed by atoms with E-state index in [0.717, 1.165) is 30.0 Å². The highest BCUT2D eigenvalue weighted by molar-refractivity contribution is 7.93. The molecule has 1 aromatic heterocycles. The van der Waals surface area contributed by atoms with Crippen LogP contribution in [0.15, 0.2) is 41.4 Å². The van der Waals surface area contributed by atoms with Gasteiger partial charge in [0.05, 0.1) is 28.3 Å². The molecule has 178 valence electrons. The number of halogens is 4. The molecule has 0 spiro atoms. The summed E-state index contributed by atoms with van der Waals surface area (Å²) in [5.41, 5.74) is 1.14. The Hall–Kier alpha value is -2.18. The molecule has 2 aromatic carbocycles. The third-order valence-corrected chi connectivity index (χ3v) is 7.36. The number of anilines is 4. The largest absolute Gasteiger partial charge is 0.372 e. The zero-order chi connectivity index (χ0) is 24.3. The fourth-order valence-electron chi connectivity index (χ4n) is 2.84. The molecule has 0 saturated carbocycles. The van der Waals surface area contributed by atoms with Crippen LogP contribution in [0.5, 0.6) is 0 Å². The number of likely N-dealkylation sites (N-methyl/N-ethyl adjacent to an activating group) is 2. The molecule has 0 aliphatic carbocycles. The molecule has 0 fully saturated rings. The molecular formula is C20H21Cl2F2N5O2S2. The molecule has 0 aliphatic heterocycles. The minimum Gasteiger partial charge on any atom is -0.372 e. The minimum absolute atomic E-state index is 0.00515. The first kappa shape index (κ1) is 25.4. The SMILES string of the molecule is CN(C)CCN(C)c1cc(F)ccc1Nc1cc(F)c(S(=O)(=O)Nc2ncc(Cl)s2)cc1Cl. The van der Waals surface area contributed by atoms with Gasteiger partial charge in [-0.25, -0.2) is 22.2 Å². The van der Waals surface area contributed by atoms with E-state index in [1.807, 2.05) is 23.9 Å². The van der Waals surface area contributed by atoms with Crippen molar-refractivity contribution in [3.63, 3.8) is 0 Å². The van der Waals surface area contributed by atoms with Crippen molar-refractivity contribution in [1.29, 1.82) is 0 Å². The summed E-state index contributed by atoms with van der Waals surface area (Å²) in [6.07, 6.45) is 1.27. The smallest absolute Gasteiger partial charge is 0.266 e. The number of hydrogen-bond acceptors (Lipinski definition) is 7. The van der Waals surface area contributed by atoms with Crippen LogP contribution in [-0.2, 0) is 10.0 Å². The topological polar surface area (TPSA) is 77.6 Å². The van der Waals surface area contributed by atoms with Crippen molar-refractivity contribution in [2.45, 2.75) is 4.90 Å². The van der Waals surface area contributed by atoms with E-state index >= 15 is 0 Å². The Morgan fingerprint density at radius 2 is 1.79 bits per heavy atom. The lowest BCUT2D eigenvalue weighted by atomic mass is 10.2. The molecule has 0 saturated heterocycles. The molecule has 3 rings (SSSR count). The first-order chi connectivity index (χ1) is 15.5.